The zero-order valence-corrected chi connectivity index (χ0v) is 13.0. The predicted molar refractivity (Wildman–Crippen MR) is 85.2 cm³/mol. The third-order valence-corrected chi connectivity index (χ3v) is 5.17. The molecular weight excluding hydrogens is 317 g/mol. The van der Waals surface area contributed by atoms with Gasteiger partial charge in [-0.15, -0.1) is 11.8 Å². The quantitative estimate of drug-likeness (QED) is 0.845. The van der Waals surface area contributed by atoms with Gasteiger partial charge in [0.25, 0.3) is 5.91 Å². The molecule has 118 valence electrons. The number of ether oxygens (including phenoxy) is 2. The van der Waals surface area contributed by atoms with Crippen LogP contribution in [0.5, 0.6) is 11.5 Å². The van der Waals surface area contributed by atoms with E-state index in [-0.39, 0.29) is 23.9 Å². The van der Waals surface area contributed by atoms with Crippen molar-refractivity contribution in [3.05, 3.63) is 59.4 Å². The summed E-state index contributed by atoms with van der Waals surface area (Å²) >= 11 is 1.64. The van der Waals surface area contributed by atoms with E-state index in [2.05, 4.69) is 0 Å². The number of carbonyl (C=O) groups is 1. The van der Waals surface area contributed by atoms with E-state index in [4.69, 9.17) is 9.47 Å². The average Bonchev–Trinajstić information content (AvgIpc) is 3.22. The largest absolute Gasteiger partial charge is 0.454 e. The van der Waals surface area contributed by atoms with Gasteiger partial charge >= 0.3 is 0 Å². The number of rotatable bonds is 2. The number of halogens is 1. The van der Waals surface area contributed by atoms with E-state index in [1.54, 1.807) is 40.9 Å². The highest BCUT2D eigenvalue weighted by Crippen LogP contribution is 2.40. The highest BCUT2D eigenvalue weighted by Gasteiger charge is 2.32. The second kappa shape index (κ2) is 5.77. The molecule has 6 heteroatoms. The van der Waals surface area contributed by atoms with Crippen LogP contribution in [0, 0.1) is 5.82 Å². The van der Waals surface area contributed by atoms with E-state index < -0.39 is 0 Å². The molecule has 2 aromatic rings. The van der Waals surface area contributed by atoms with Crippen LogP contribution in [0.4, 0.5) is 4.39 Å². The van der Waals surface area contributed by atoms with Crippen LogP contribution in [0.15, 0.2) is 42.5 Å². The normalized spacial score (nSPS) is 19.2. The number of nitrogens with zero attached hydrogens (tertiary/aromatic N) is 1. The number of carbonyl (C=O) groups excluding carboxylic acids is 1. The lowest BCUT2D eigenvalue weighted by molar-refractivity contribution is 0.0759. The standard InChI is InChI=1S/C17H14FNO3S/c18-13-3-1-2-12(8-13)17-19(6-7-23-17)16(20)11-4-5-14-15(9-11)22-10-21-14/h1-5,8-9,17H,6-7,10H2/t17-/m0/s1. The summed E-state index contributed by atoms with van der Waals surface area (Å²) in [5, 5.41) is -0.163. The summed E-state index contributed by atoms with van der Waals surface area (Å²) in [6.45, 7) is 0.817. The van der Waals surface area contributed by atoms with Gasteiger partial charge in [0.1, 0.15) is 11.2 Å². The summed E-state index contributed by atoms with van der Waals surface area (Å²) < 4.78 is 24.1. The number of hydrogen-bond acceptors (Lipinski definition) is 4. The van der Waals surface area contributed by atoms with Crippen molar-refractivity contribution in [1.82, 2.24) is 4.90 Å². The van der Waals surface area contributed by atoms with Crippen LogP contribution in [-0.4, -0.2) is 29.9 Å². The summed E-state index contributed by atoms with van der Waals surface area (Å²) in [5.41, 5.74) is 1.36. The van der Waals surface area contributed by atoms with Crippen molar-refractivity contribution in [2.45, 2.75) is 5.37 Å². The number of thioether (sulfide) groups is 1. The first-order valence-electron chi connectivity index (χ1n) is 7.30. The molecule has 0 aliphatic carbocycles. The van der Waals surface area contributed by atoms with E-state index >= 15 is 0 Å². The summed E-state index contributed by atoms with van der Waals surface area (Å²) in [4.78, 5) is 14.6. The van der Waals surface area contributed by atoms with Crippen molar-refractivity contribution in [1.29, 1.82) is 0 Å². The Hall–Kier alpha value is -2.21. The van der Waals surface area contributed by atoms with Crippen LogP contribution in [0.3, 0.4) is 0 Å². The van der Waals surface area contributed by atoms with Crippen LogP contribution in [0.1, 0.15) is 21.3 Å². The third kappa shape index (κ3) is 2.63. The smallest absolute Gasteiger partial charge is 0.255 e. The Morgan fingerprint density at radius 1 is 1.17 bits per heavy atom. The van der Waals surface area contributed by atoms with Gasteiger partial charge in [-0.05, 0) is 35.9 Å². The molecule has 23 heavy (non-hydrogen) atoms. The van der Waals surface area contributed by atoms with E-state index in [1.807, 2.05) is 6.07 Å². The molecule has 4 rings (SSSR count). The highest BCUT2D eigenvalue weighted by atomic mass is 32.2. The van der Waals surface area contributed by atoms with Gasteiger partial charge in [0.2, 0.25) is 6.79 Å². The first-order chi connectivity index (χ1) is 11.2. The second-order valence-corrected chi connectivity index (χ2v) is 6.53. The Morgan fingerprint density at radius 2 is 2.04 bits per heavy atom. The predicted octanol–water partition coefficient (Wildman–Crippen LogP) is 3.44. The van der Waals surface area contributed by atoms with Gasteiger partial charge in [0, 0.05) is 17.9 Å². The summed E-state index contributed by atoms with van der Waals surface area (Å²) in [6, 6.07) is 11.6. The SMILES string of the molecule is O=C(c1ccc2c(c1)OCO2)N1CCS[C@H]1c1cccc(F)c1. The van der Waals surface area contributed by atoms with Crippen molar-refractivity contribution in [3.8, 4) is 11.5 Å². The van der Waals surface area contributed by atoms with Crippen molar-refractivity contribution in [3.63, 3.8) is 0 Å². The van der Waals surface area contributed by atoms with Gasteiger partial charge in [-0.2, -0.15) is 0 Å². The molecule has 0 unspecified atom stereocenters. The van der Waals surface area contributed by atoms with Gasteiger partial charge < -0.3 is 14.4 Å². The second-order valence-electron chi connectivity index (χ2n) is 5.34. The number of hydrogen-bond donors (Lipinski definition) is 0. The Labute approximate surface area is 137 Å². The lowest BCUT2D eigenvalue weighted by Crippen LogP contribution is -2.30. The molecule has 0 saturated carbocycles. The Morgan fingerprint density at radius 3 is 2.91 bits per heavy atom. The molecule has 4 nitrogen and oxygen atoms in total. The zero-order chi connectivity index (χ0) is 15.8. The van der Waals surface area contributed by atoms with Crippen molar-refractivity contribution in [2.75, 3.05) is 19.1 Å². The molecule has 1 amide bonds. The summed E-state index contributed by atoms with van der Waals surface area (Å²) in [5.74, 6) is 1.70. The fraction of sp³-hybridized carbons (Fsp3) is 0.235. The maximum Gasteiger partial charge on any atom is 0.255 e. The molecule has 2 aliphatic heterocycles. The van der Waals surface area contributed by atoms with Gasteiger partial charge in [-0.3, -0.25) is 4.79 Å². The molecule has 0 bridgehead atoms. The van der Waals surface area contributed by atoms with E-state index in [1.165, 1.54) is 12.1 Å². The van der Waals surface area contributed by atoms with E-state index in [0.29, 0.717) is 23.6 Å². The minimum absolute atomic E-state index is 0.0810. The van der Waals surface area contributed by atoms with Crippen LogP contribution in [-0.2, 0) is 0 Å². The number of amides is 1. The fourth-order valence-corrected chi connectivity index (χ4v) is 4.06. The lowest BCUT2D eigenvalue weighted by atomic mass is 10.1. The number of fused-ring (bicyclic) bond motifs is 1. The highest BCUT2D eigenvalue weighted by molar-refractivity contribution is 7.99. The maximum atomic E-state index is 13.5. The summed E-state index contributed by atoms with van der Waals surface area (Å²) in [6.07, 6.45) is 0. The van der Waals surface area contributed by atoms with Crippen LogP contribution in [0.25, 0.3) is 0 Å². The number of benzene rings is 2. The maximum absolute atomic E-state index is 13.5. The first-order valence-corrected chi connectivity index (χ1v) is 8.35. The molecule has 0 radical (unpaired) electrons. The average molecular weight is 331 g/mol. The van der Waals surface area contributed by atoms with Crippen LogP contribution in [0.2, 0.25) is 0 Å². The summed E-state index contributed by atoms with van der Waals surface area (Å²) in [7, 11) is 0. The van der Waals surface area contributed by atoms with Crippen LogP contribution >= 0.6 is 11.8 Å². The zero-order valence-electron chi connectivity index (χ0n) is 12.2. The van der Waals surface area contributed by atoms with Gasteiger partial charge in [-0.25, -0.2) is 4.39 Å². The van der Waals surface area contributed by atoms with E-state index in [9.17, 15) is 9.18 Å². The minimum atomic E-state index is -0.287. The first kappa shape index (κ1) is 14.4. The minimum Gasteiger partial charge on any atom is -0.454 e. The molecule has 1 saturated heterocycles. The molecule has 2 heterocycles. The molecule has 0 spiro atoms. The fourth-order valence-electron chi connectivity index (χ4n) is 2.81. The van der Waals surface area contributed by atoms with Crippen molar-refractivity contribution < 1.29 is 18.7 Å². The van der Waals surface area contributed by atoms with Crippen LogP contribution < -0.4 is 9.47 Å². The molecule has 0 N–H and O–H groups in total. The molecule has 1 atom stereocenters. The lowest BCUT2D eigenvalue weighted by Gasteiger charge is -2.24. The molecule has 1 fully saturated rings. The molecule has 2 aromatic carbocycles. The molecule has 2 aliphatic rings. The topological polar surface area (TPSA) is 38.8 Å². The Kier molecular flexibility index (Phi) is 3.61. The van der Waals surface area contributed by atoms with Crippen molar-refractivity contribution in [2.24, 2.45) is 0 Å². The van der Waals surface area contributed by atoms with Crippen molar-refractivity contribution >= 4 is 17.7 Å². The van der Waals surface area contributed by atoms with Gasteiger partial charge in [-0.1, -0.05) is 12.1 Å². The molecule has 0 aromatic heterocycles. The van der Waals surface area contributed by atoms with Gasteiger partial charge in [0.15, 0.2) is 11.5 Å². The monoisotopic (exact) mass is 331 g/mol. The van der Waals surface area contributed by atoms with Gasteiger partial charge in [0.05, 0.1) is 0 Å². The third-order valence-electron chi connectivity index (χ3n) is 3.91. The van der Waals surface area contributed by atoms with E-state index in [0.717, 1.165) is 11.3 Å². The Bertz CT molecular complexity index is 767. The Balaban J connectivity index is 1.62. The molecular formula is C17H14FNO3S.